The molecular formula is C13H16O3S. The number of carbonyl (C=O) groups is 1. The molecule has 0 unspecified atom stereocenters. The molecule has 0 saturated heterocycles. The Kier molecular flexibility index (Phi) is 4.63. The predicted molar refractivity (Wildman–Crippen MR) is 67.5 cm³/mol. The average Bonchev–Trinajstić information content (AvgIpc) is 2.30. The van der Waals surface area contributed by atoms with Crippen molar-refractivity contribution in [2.75, 3.05) is 5.75 Å². The fraction of sp³-hybridized carbons (Fsp3) is 0.308. The van der Waals surface area contributed by atoms with Crippen LogP contribution < -0.4 is 0 Å². The van der Waals surface area contributed by atoms with Gasteiger partial charge < -0.3 is 0 Å². The Bertz CT molecular complexity index is 513. The van der Waals surface area contributed by atoms with Crippen LogP contribution in [0.1, 0.15) is 20.3 Å². The minimum atomic E-state index is -3.29. The van der Waals surface area contributed by atoms with Gasteiger partial charge in [0.15, 0.2) is 15.6 Å². The highest BCUT2D eigenvalue weighted by molar-refractivity contribution is 7.91. The highest BCUT2D eigenvalue weighted by atomic mass is 32.2. The number of benzene rings is 1. The third kappa shape index (κ3) is 3.82. The minimum absolute atomic E-state index is 0.0315. The molecule has 3 nitrogen and oxygen atoms in total. The van der Waals surface area contributed by atoms with Crippen molar-refractivity contribution in [1.29, 1.82) is 0 Å². The number of ketones is 1. The molecule has 0 aliphatic heterocycles. The van der Waals surface area contributed by atoms with Crippen molar-refractivity contribution < 1.29 is 13.2 Å². The van der Waals surface area contributed by atoms with E-state index >= 15 is 0 Å². The van der Waals surface area contributed by atoms with Crippen LogP contribution in [0.4, 0.5) is 0 Å². The molecular weight excluding hydrogens is 236 g/mol. The Labute approximate surface area is 102 Å². The maximum atomic E-state index is 11.9. The first-order valence-corrected chi connectivity index (χ1v) is 7.06. The summed E-state index contributed by atoms with van der Waals surface area (Å²) >= 11 is 0. The molecule has 0 fully saturated rings. The SMILES string of the molecule is C/C=C(\CCS(=O)(=O)c1ccccc1)C(C)=O. The summed E-state index contributed by atoms with van der Waals surface area (Å²) in [5.74, 6) is -0.105. The number of carbonyl (C=O) groups excluding carboxylic acids is 1. The molecule has 0 bridgehead atoms. The zero-order valence-electron chi connectivity index (χ0n) is 10.0. The van der Waals surface area contributed by atoms with Gasteiger partial charge in [-0.15, -0.1) is 0 Å². The van der Waals surface area contributed by atoms with E-state index in [1.165, 1.54) is 6.92 Å². The molecule has 0 aliphatic carbocycles. The third-order valence-electron chi connectivity index (χ3n) is 2.54. The fourth-order valence-corrected chi connectivity index (χ4v) is 2.81. The van der Waals surface area contributed by atoms with E-state index in [2.05, 4.69) is 0 Å². The first-order valence-electron chi connectivity index (χ1n) is 5.41. The van der Waals surface area contributed by atoms with Crippen molar-refractivity contribution in [3.63, 3.8) is 0 Å². The van der Waals surface area contributed by atoms with Crippen LogP contribution in [-0.2, 0) is 14.6 Å². The third-order valence-corrected chi connectivity index (χ3v) is 4.28. The quantitative estimate of drug-likeness (QED) is 0.756. The molecule has 92 valence electrons. The smallest absolute Gasteiger partial charge is 0.178 e. The lowest BCUT2D eigenvalue weighted by molar-refractivity contribution is -0.113. The van der Waals surface area contributed by atoms with E-state index in [0.717, 1.165) is 0 Å². The van der Waals surface area contributed by atoms with E-state index < -0.39 is 9.84 Å². The summed E-state index contributed by atoms with van der Waals surface area (Å²) in [6.45, 7) is 3.19. The summed E-state index contributed by atoms with van der Waals surface area (Å²) in [6, 6.07) is 8.28. The highest BCUT2D eigenvalue weighted by Crippen LogP contribution is 2.14. The maximum absolute atomic E-state index is 11.9. The van der Waals surface area contributed by atoms with E-state index in [4.69, 9.17) is 0 Å². The van der Waals surface area contributed by atoms with Crippen molar-refractivity contribution in [3.8, 4) is 0 Å². The summed E-state index contributed by atoms with van der Waals surface area (Å²) in [5, 5.41) is 0. The Morgan fingerprint density at radius 3 is 2.29 bits per heavy atom. The summed E-state index contributed by atoms with van der Waals surface area (Å²) in [6.07, 6.45) is 1.94. The van der Waals surface area contributed by atoms with Gasteiger partial charge in [-0.05, 0) is 38.0 Å². The van der Waals surface area contributed by atoms with Gasteiger partial charge in [0.05, 0.1) is 10.6 Å². The van der Waals surface area contributed by atoms with Crippen LogP contribution in [0.5, 0.6) is 0 Å². The van der Waals surface area contributed by atoms with Gasteiger partial charge in [-0.25, -0.2) is 8.42 Å². The van der Waals surface area contributed by atoms with Crippen molar-refractivity contribution >= 4 is 15.6 Å². The van der Waals surface area contributed by atoms with Crippen LogP contribution in [-0.4, -0.2) is 20.0 Å². The zero-order chi connectivity index (χ0) is 12.9. The summed E-state index contributed by atoms with van der Waals surface area (Å²) < 4.78 is 23.9. The van der Waals surface area contributed by atoms with Crippen molar-refractivity contribution in [1.82, 2.24) is 0 Å². The Morgan fingerprint density at radius 2 is 1.82 bits per heavy atom. The summed E-state index contributed by atoms with van der Waals surface area (Å²) in [7, 11) is -3.29. The maximum Gasteiger partial charge on any atom is 0.178 e. The van der Waals surface area contributed by atoms with E-state index in [1.54, 1.807) is 43.3 Å². The van der Waals surface area contributed by atoms with Crippen LogP contribution >= 0.6 is 0 Å². The normalized spacial score (nSPS) is 12.5. The van der Waals surface area contributed by atoms with Gasteiger partial charge in [-0.1, -0.05) is 24.3 Å². The molecule has 0 radical (unpaired) electrons. The largest absolute Gasteiger partial charge is 0.295 e. The lowest BCUT2D eigenvalue weighted by atomic mass is 10.1. The molecule has 0 amide bonds. The van der Waals surface area contributed by atoms with Crippen molar-refractivity contribution in [3.05, 3.63) is 42.0 Å². The number of hydrogen-bond acceptors (Lipinski definition) is 3. The van der Waals surface area contributed by atoms with Crippen LogP contribution in [0.2, 0.25) is 0 Å². The predicted octanol–water partition coefficient (Wildman–Crippen LogP) is 2.39. The monoisotopic (exact) mass is 252 g/mol. The van der Waals surface area contributed by atoms with E-state index in [0.29, 0.717) is 10.5 Å². The molecule has 0 heterocycles. The van der Waals surface area contributed by atoms with Gasteiger partial charge in [-0.3, -0.25) is 4.79 Å². The molecule has 4 heteroatoms. The van der Waals surface area contributed by atoms with Crippen LogP contribution in [0.25, 0.3) is 0 Å². The van der Waals surface area contributed by atoms with Crippen LogP contribution in [0.3, 0.4) is 0 Å². The summed E-state index contributed by atoms with van der Waals surface area (Å²) in [5.41, 5.74) is 0.560. The molecule has 0 atom stereocenters. The zero-order valence-corrected chi connectivity index (χ0v) is 10.8. The molecule has 1 aromatic carbocycles. The van der Waals surface area contributed by atoms with E-state index in [9.17, 15) is 13.2 Å². The van der Waals surface area contributed by atoms with Crippen LogP contribution in [0.15, 0.2) is 46.9 Å². The van der Waals surface area contributed by atoms with Gasteiger partial charge in [0, 0.05) is 0 Å². The topological polar surface area (TPSA) is 51.2 Å². The highest BCUT2D eigenvalue weighted by Gasteiger charge is 2.15. The van der Waals surface area contributed by atoms with Gasteiger partial charge >= 0.3 is 0 Å². The van der Waals surface area contributed by atoms with Gasteiger partial charge in [0.25, 0.3) is 0 Å². The van der Waals surface area contributed by atoms with E-state index in [-0.39, 0.29) is 18.0 Å². The molecule has 0 spiro atoms. The molecule has 1 aromatic rings. The molecule has 0 N–H and O–H groups in total. The molecule has 17 heavy (non-hydrogen) atoms. The lowest BCUT2D eigenvalue weighted by Crippen LogP contribution is -2.09. The first kappa shape index (κ1) is 13.6. The molecule has 0 aliphatic rings. The van der Waals surface area contributed by atoms with Gasteiger partial charge in [-0.2, -0.15) is 0 Å². The molecule has 0 aromatic heterocycles. The number of hydrogen-bond donors (Lipinski definition) is 0. The lowest BCUT2D eigenvalue weighted by Gasteiger charge is -2.05. The average molecular weight is 252 g/mol. The number of Topliss-reactive ketones (excluding diaryl/α,β-unsaturated/α-hetero) is 1. The fourth-order valence-electron chi connectivity index (χ4n) is 1.51. The summed E-state index contributed by atoms with van der Waals surface area (Å²) in [4.78, 5) is 11.5. The van der Waals surface area contributed by atoms with Crippen molar-refractivity contribution in [2.45, 2.75) is 25.2 Å². The Hall–Kier alpha value is -1.42. The second-order valence-corrected chi connectivity index (χ2v) is 5.86. The first-order chi connectivity index (χ1) is 7.97. The second kappa shape index (κ2) is 5.77. The van der Waals surface area contributed by atoms with Crippen molar-refractivity contribution in [2.24, 2.45) is 0 Å². The standard InChI is InChI=1S/C13H16O3S/c1-3-12(11(2)14)9-10-17(15,16)13-7-5-4-6-8-13/h3-8H,9-10H2,1-2H3/b12-3+. The second-order valence-electron chi connectivity index (χ2n) is 3.75. The Morgan fingerprint density at radius 1 is 1.24 bits per heavy atom. The molecule has 0 saturated carbocycles. The number of allylic oxidation sites excluding steroid dienone is 2. The number of sulfone groups is 1. The van der Waals surface area contributed by atoms with Gasteiger partial charge in [0.1, 0.15) is 0 Å². The van der Waals surface area contributed by atoms with Crippen LogP contribution in [0, 0.1) is 0 Å². The minimum Gasteiger partial charge on any atom is -0.295 e. The molecule has 1 rings (SSSR count). The van der Waals surface area contributed by atoms with E-state index in [1.807, 2.05) is 0 Å². The van der Waals surface area contributed by atoms with Gasteiger partial charge in [0.2, 0.25) is 0 Å². The number of rotatable bonds is 5. The Balaban J connectivity index is 2.79.